The fourth-order valence-corrected chi connectivity index (χ4v) is 3.22. The molecule has 1 N–H and O–H groups in total. The minimum Gasteiger partial charge on any atom is -0.309 e. The van der Waals surface area contributed by atoms with Crippen LogP contribution < -0.4 is 5.32 Å². The van der Waals surface area contributed by atoms with Crippen LogP contribution in [0.2, 0.25) is 0 Å². The quantitative estimate of drug-likeness (QED) is 0.853. The molecule has 0 aliphatic carbocycles. The van der Waals surface area contributed by atoms with E-state index in [-0.39, 0.29) is 11.9 Å². The van der Waals surface area contributed by atoms with E-state index < -0.39 is 0 Å². The van der Waals surface area contributed by atoms with Crippen LogP contribution in [-0.4, -0.2) is 30.6 Å². The standard InChI is InChI=1S/C18H29FN2/c1-4-11-20-18(16-7-5-6-8-17(16)19)13-21-12-14(2)9-10-15(21)3/h5-8,14-15,18,20H,4,9-13H2,1-3H3. The number of piperidine rings is 1. The third-order valence-electron chi connectivity index (χ3n) is 4.59. The Hall–Kier alpha value is -0.930. The van der Waals surface area contributed by atoms with Gasteiger partial charge in [-0.1, -0.05) is 32.0 Å². The summed E-state index contributed by atoms with van der Waals surface area (Å²) in [5.41, 5.74) is 0.802. The Labute approximate surface area is 128 Å². The van der Waals surface area contributed by atoms with Gasteiger partial charge in [0, 0.05) is 30.7 Å². The molecule has 118 valence electrons. The lowest BCUT2D eigenvalue weighted by Gasteiger charge is -2.39. The van der Waals surface area contributed by atoms with E-state index in [0.29, 0.717) is 6.04 Å². The molecule has 2 nitrogen and oxygen atoms in total. The fourth-order valence-electron chi connectivity index (χ4n) is 3.22. The number of hydrogen-bond acceptors (Lipinski definition) is 2. The third kappa shape index (κ3) is 4.52. The first-order valence-corrected chi connectivity index (χ1v) is 8.33. The summed E-state index contributed by atoms with van der Waals surface area (Å²) in [6.45, 7) is 9.71. The van der Waals surface area contributed by atoms with Crippen LogP contribution in [0.3, 0.4) is 0 Å². The molecule has 0 aromatic heterocycles. The van der Waals surface area contributed by atoms with Gasteiger partial charge in [0.1, 0.15) is 5.82 Å². The van der Waals surface area contributed by atoms with E-state index in [1.165, 1.54) is 12.8 Å². The van der Waals surface area contributed by atoms with Crippen molar-refractivity contribution >= 4 is 0 Å². The molecule has 0 amide bonds. The second-order valence-electron chi connectivity index (χ2n) is 6.51. The van der Waals surface area contributed by atoms with Gasteiger partial charge in [0.25, 0.3) is 0 Å². The average molecular weight is 292 g/mol. The van der Waals surface area contributed by atoms with Gasteiger partial charge in [-0.05, 0) is 44.7 Å². The van der Waals surface area contributed by atoms with Crippen molar-refractivity contribution in [3.63, 3.8) is 0 Å². The largest absolute Gasteiger partial charge is 0.309 e. The van der Waals surface area contributed by atoms with E-state index in [4.69, 9.17) is 0 Å². The van der Waals surface area contributed by atoms with Crippen molar-refractivity contribution < 1.29 is 4.39 Å². The van der Waals surface area contributed by atoms with Gasteiger partial charge in [-0.2, -0.15) is 0 Å². The topological polar surface area (TPSA) is 15.3 Å². The lowest BCUT2D eigenvalue weighted by molar-refractivity contribution is 0.111. The van der Waals surface area contributed by atoms with Gasteiger partial charge in [-0.3, -0.25) is 4.90 Å². The van der Waals surface area contributed by atoms with Crippen molar-refractivity contribution in [3.8, 4) is 0 Å². The Morgan fingerprint density at radius 1 is 1.29 bits per heavy atom. The molecule has 2 rings (SSSR count). The molecule has 1 fully saturated rings. The highest BCUT2D eigenvalue weighted by Gasteiger charge is 2.26. The first-order valence-electron chi connectivity index (χ1n) is 8.33. The molecular weight excluding hydrogens is 263 g/mol. The Bertz CT molecular complexity index is 435. The molecular formula is C18H29FN2. The predicted molar refractivity (Wildman–Crippen MR) is 86.9 cm³/mol. The fraction of sp³-hybridized carbons (Fsp3) is 0.667. The summed E-state index contributed by atoms with van der Waals surface area (Å²) in [5.74, 6) is 0.650. The minimum atomic E-state index is -0.0937. The Morgan fingerprint density at radius 2 is 2.05 bits per heavy atom. The van der Waals surface area contributed by atoms with E-state index in [0.717, 1.165) is 37.5 Å². The van der Waals surface area contributed by atoms with Crippen LogP contribution in [-0.2, 0) is 0 Å². The van der Waals surface area contributed by atoms with Crippen molar-refractivity contribution in [2.45, 2.75) is 52.1 Å². The summed E-state index contributed by atoms with van der Waals surface area (Å²) in [7, 11) is 0. The molecule has 0 radical (unpaired) electrons. The van der Waals surface area contributed by atoms with Crippen LogP contribution in [0.15, 0.2) is 24.3 Å². The number of halogens is 1. The molecule has 1 heterocycles. The van der Waals surface area contributed by atoms with E-state index in [1.54, 1.807) is 12.1 Å². The normalized spacial score (nSPS) is 25.0. The van der Waals surface area contributed by atoms with E-state index in [1.807, 2.05) is 12.1 Å². The Balaban J connectivity index is 2.10. The van der Waals surface area contributed by atoms with Gasteiger partial charge < -0.3 is 5.32 Å². The smallest absolute Gasteiger partial charge is 0.128 e. The minimum absolute atomic E-state index is 0.0823. The highest BCUT2D eigenvalue weighted by Crippen LogP contribution is 2.25. The number of likely N-dealkylation sites (tertiary alicyclic amines) is 1. The predicted octanol–water partition coefficient (Wildman–Crippen LogP) is 3.99. The molecule has 21 heavy (non-hydrogen) atoms. The van der Waals surface area contributed by atoms with Crippen molar-refractivity contribution in [2.24, 2.45) is 5.92 Å². The zero-order valence-corrected chi connectivity index (χ0v) is 13.6. The number of hydrogen-bond donors (Lipinski definition) is 1. The molecule has 1 aliphatic heterocycles. The molecule has 1 aliphatic rings. The molecule has 1 aromatic carbocycles. The molecule has 3 unspecified atom stereocenters. The molecule has 3 atom stereocenters. The summed E-state index contributed by atoms with van der Waals surface area (Å²) in [6.07, 6.45) is 3.63. The van der Waals surface area contributed by atoms with Crippen molar-refractivity contribution in [1.82, 2.24) is 10.2 Å². The Morgan fingerprint density at radius 3 is 2.76 bits per heavy atom. The summed E-state index contributed by atoms with van der Waals surface area (Å²) in [5, 5.41) is 3.53. The SMILES string of the molecule is CCCNC(CN1CC(C)CCC1C)c1ccccc1F. The van der Waals surface area contributed by atoms with Gasteiger partial charge in [-0.25, -0.2) is 4.39 Å². The summed E-state index contributed by atoms with van der Waals surface area (Å²) in [6, 6.07) is 7.86. The number of nitrogens with one attached hydrogen (secondary N) is 1. The maximum absolute atomic E-state index is 14.1. The van der Waals surface area contributed by atoms with E-state index >= 15 is 0 Å². The first kappa shape index (κ1) is 16.4. The van der Waals surface area contributed by atoms with Crippen molar-refractivity contribution in [2.75, 3.05) is 19.6 Å². The van der Waals surface area contributed by atoms with Gasteiger partial charge >= 0.3 is 0 Å². The maximum atomic E-state index is 14.1. The zero-order valence-electron chi connectivity index (χ0n) is 13.6. The molecule has 3 heteroatoms. The van der Waals surface area contributed by atoms with Gasteiger partial charge in [0.05, 0.1) is 0 Å². The van der Waals surface area contributed by atoms with Crippen LogP contribution in [0.1, 0.15) is 51.6 Å². The number of benzene rings is 1. The number of nitrogens with zero attached hydrogens (tertiary/aromatic N) is 1. The van der Waals surface area contributed by atoms with Crippen LogP contribution in [0.25, 0.3) is 0 Å². The molecule has 1 aromatic rings. The van der Waals surface area contributed by atoms with Gasteiger partial charge in [-0.15, -0.1) is 0 Å². The van der Waals surface area contributed by atoms with Crippen LogP contribution in [0.4, 0.5) is 4.39 Å². The molecule has 0 bridgehead atoms. The first-order chi connectivity index (χ1) is 10.1. The van der Waals surface area contributed by atoms with Crippen molar-refractivity contribution in [3.05, 3.63) is 35.6 Å². The summed E-state index contributed by atoms with van der Waals surface area (Å²) >= 11 is 0. The van der Waals surface area contributed by atoms with Crippen LogP contribution in [0, 0.1) is 11.7 Å². The lowest BCUT2D eigenvalue weighted by atomic mass is 9.94. The van der Waals surface area contributed by atoms with E-state index in [9.17, 15) is 4.39 Å². The lowest BCUT2D eigenvalue weighted by Crippen LogP contribution is -2.45. The second-order valence-corrected chi connectivity index (χ2v) is 6.51. The van der Waals surface area contributed by atoms with Gasteiger partial charge in [0.15, 0.2) is 0 Å². The van der Waals surface area contributed by atoms with Crippen LogP contribution >= 0.6 is 0 Å². The maximum Gasteiger partial charge on any atom is 0.128 e. The summed E-state index contributed by atoms with van der Waals surface area (Å²) < 4.78 is 14.1. The third-order valence-corrected chi connectivity index (χ3v) is 4.59. The highest BCUT2D eigenvalue weighted by atomic mass is 19.1. The monoisotopic (exact) mass is 292 g/mol. The van der Waals surface area contributed by atoms with E-state index in [2.05, 4.69) is 31.0 Å². The second kappa shape index (κ2) is 7.90. The highest BCUT2D eigenvalue weighted by molar-refractivity contribution is 5.21. The van der Waals surface area contributed by atoms with Crippen molar-refractivity contribution in [1.29, 1.82) is 0 Å². The molecule has 1 saturated heterocycles. The number of rotatable bonds is 6. The molecule has 0 spiro atoms. The van der Waals surface area contributed by atoms with Gasteiger partial charge in [0.2, 0.25) is 0 Å². The average Bonchev–Trinajstić information content (AvgIpc) is 2.48. The summed E-state index contributed by atoms with van der Waals surface area (Å²) in [4.78, 5) is 2.52. The van der Waals surface area contributed by atoms with Crippen LogP contribution in [0.5, 0.6) is 0 Å². The molecule has 0 saturated carbocycles. The zero-order chi connectivity index (χ0) is 15.2. The Kier molecular flexibility index (Phi) is 6.19.